The Morgan fingerprint density at radius 2 is 2.21 bits per heavy atom. The number of aromatic nitrogens is 2. The van der Waals surface area contributed by atoms with Crippen molar-refractivity contribution >= 4 is 6.29 Å². The fourth-order valence-electron chi connectivity index (χ4n) is 1.89. The first-order valence-corrected chi connectivity index (χ1v) is 5.89. The van der Waals surface area contributed by atoms with Gasteiger partial charge in [0.05, 0.1) is 17.9 Å². The summed E-state index contributed by atoms with van der Waals surface area (Å²) in [6.45, 7) is 4.10. The van der Waals surface area contributed by atoms with Gasteiger partial charge in [-0.2, -0.15) is 5.26 Å². The van der Waals surface area contributed by atoms with E-state index in [9.17, 15) is 10.1 Å². The summed E-state index contributed by atoms with van der Waals surface area (Å²) in [5.41, 5.74) is 1.49. The maximum atomic E-state index is 11.0. The van der Waals surface area contributed by atoms with E-state index in [1.807, 2.05) is 37.4 Å². The Hall–Kier alpha value is -2.61. The molecule has 0 aliphatic heterocycles. The number of hydrogen-bond donors (Lipinski definition) is 0. The van der Waals surface area contributed by atoms with Crippen LogP contribution in [0.3, 0.4) is 0 Å². The zero-order chi connectivity index (χ0) is 13.8. The van der Waals surface area contributed by atoms with Crippen LogP contribution >= 0.6 is 0 Å². The molecule has 0 saturated heterocycles. The Balaban J connectivity index is 2.66. The number of benzene rings is 1. The molecule has 5 nitrogen and oxygen atoms in total. The molecular formula is C14H13N3O2. The molecule has 96 valence electrons. The van der Waals surface area contributed by atoms with E-state index in [1.54, 1.807) is 6.92 Å². The van der Waals surface area contributed by atoms with Crippen LogP contribution < -0.4 is 4.74 Å². The van der Waals surface area contributed by atoms with E-state index in [-0.39, 0.29) is 5.69 Å². The van der Waals surface area contributed by atoms with Gasteiger partial charge in [-0.25, -0.2) is 9.55 Å². The second-order valence-corrected chi connectivity index (χ2v) is 3.89. The lowest BCUT2D eigenvalue weighted by Crippen LogP contribution is -2.00. The Kier molecular flexibility index (Phi) is 3.62. The molecule has 0 N–H and O–H groups in total. The maximum absolute atomic E-state index is 11.0. The van der Waals surface area contributed by atoms with Crippen LogP contribution in [-0.4, -0.2) is 22.4 Å². The van der Waals surface area contributed by atoms with E-state index < -0.39 is 0 Å². The SMILES string of the molecule is CCOc1ccccc1-c1nc(C)c(C=O)n1C#N. The molecule has 1 aromatic heterocycles. The molecule has 0 amide bonds. The lowest BCUT2D eigenvalue weighted by atomic mass is 10.2. The van der Waals surface area contributed by atoms with Gasteiger partial charge in [0.15, 0.2) is 18.3 Å². The summed E-state index contributed by atoms with van der Waals surface area (Å²) in [7, 11) is 0. The Morgan fingerprint density at radius 3 is 2.84 bits per heavy atom. The van der Waals surface area contributed by atoms with Gasteiger partial charge in [0, 0.05) is 0 Å². The van der Waals surface area contributed by atoms with Gasteiger partial charge < -0.3 is 4.74 Å². The number of imidazole rings is 1. The van der Waals surface area contributed by atoms with Crippen LogP contribution in [0.4, 0.5) is 0 Å². The molecule has 0 aliphatic rings. The lowest BCUT2D eigenvalue weighted by molar-refractivity contribution is 0.111. The zero-order valence-electron chi connectivity index (χ0n) is 10.8. The minimum absolute atomic E-state index is 0.267. The van der Waals surface area contributed by atoms with Gasteiger partial charge in [-0.15, -0.1) is 0 Å². The molecule has 0 radical (unpaired) electrons. The van der Waals surface area contributed by atoms with Crippen LogP contribution in [0.15, 0.2) is 24.3 Å². The van der Waals surface area contributed by atoms with Gasteiger partial charge in [0.25, 0.3) is 0 Å². The summed E-state index contributed by atoms with van der Waals surface area (Å²) in [4.78, 5) is 15.3. The molecule has 0 spiro atoms. The average molecular weight is 255 g/mol. The predicted molar refractivity (Wildman–Crippen MR) is 70.0 cm³/mol. The summed E-state index contributed by atoms with van der Waals surface area (Å²) in [5.74, 6) is 1.06. The van der Waals surface area contributed by atoms with Crippen molar-refractivity contribution in [1.82, 2.24) is 9.55 Å². The summed E-state index contributed by atoms with van der Waals surface area (Å²) in [5, 5.41) is 9.20. The number of carbonyl (C=O) groups is 1. The maximum Gasteiger partial charge on any atom is 0.190 e. The van der Waals surface area contributed by atoms with E-state index in [1.165, 1.54) is 4.57 Å². The smallest absolute Gasteiger partial charge is 0.190 e. The highest BCUT2D eigenvalue weighted by Crippen LogP contribution is 2.30. The summed E-state index contributed by atoms with van der Waals surface area (Å²) < 4.78 is 6.75. The van der Waals surface area contributed by atoms with Crippen LogP contribution in [-0.2, 0) is 0 Å². The van der Waals surface area contributed by atoms with Gasteiger partial charge in [-0.3, -0.25) is 4.79 Å². The van der Waals surface area contributed by atoms with Crippen LogP contribution in [0.1, 0.15) is 23.1 Å². The van der Waals surface area contributed by atoms with Gasteiger partial charge in [0.1, 0.15) is 11.4 Å². The van der Waals surface area contributed by atoms with Crippen molar-refractivity contribution in [2.24, 2.45) is 0 Å². The van der Waals surface area contributed by atoms with E-state index in [2.05, 4.69) is 4.98 Å². The third kappa shape index (κ3) is 2.20. The number of aldehydes is 1. The minimum atomic E-state index is 0.267. The molecule has 2 aromatic rings. The van der Waals surface area contributed by atoms with Crippen LogP contribution in [0, 0.1) is 18.4 Å². The minimum Gasteiger partial charge on any atom is -0.493 e. The largest absolute Gasteiger partial charge is 0.493 e. The quantitative estimate of drug-likeness (QED) is 0.787. The number of nitriles is 1. The average Bonchev–Trinajstić information content (AvgIpc) is 2.75. The summed E-state index contributed by atoms with van der Waals surface area (Å²) in [6.07, 6.45) is 2.61. The highest BCUT2D eigenvalue weighted by atomic mass is 16.5. The number of nitrogens with zero attached hydrogens (tertiary/aromatic N) is 3. The summed E-state index contributed by atoms with van der Waals surface area (Å²) >= 11 is 0. The van der Waals surface area contributed by atoms with Crippen LogP contribution in [0.2, 0.25) is 0 Å². The fraction of sp³-hybridized carbons (Fsp3) is 0.214. The molecular weight excluding hydrogens is 242 g/mol. The number of rotatable bonds is 4. The van der Waals surface area contributed by atoms with Gasteiger partial charge in [-0.05, 0) is 26.0 Å². The molecule has 0 saturated carbocycles. The van der Waals surface area contributed by atoms with Crippen molar-refractivity contribution in [1.29, 1.82) is 5.26 Å². The number of hydrogen-bond acceptors (Lipinski definition) is 4. The molecule has 0 aliphatic carbocycles. The first-order valence-electron chi connectivity index (χ1n) is 5.89. The van der Waals surface area contributed by atoms with Crippen molar-refractivity contribution in [3.05, 3.63) is 35.7 Å². The molecule has 0 fully saturated rings. The molecule has 2 rings (SSSR count). The van der Waals surface area contributed by atoms with E-state index in [0.29, 0.717) is 35.7 Å². The van der Waals surface area contributed by atoms with E-state index in [4.69, 9.17) is 4.74 Å². The van der Waals surface area contributed by atoms with E-state index in [0.717, 1.165) is 0 Å². The Morgan fingerprint density at radius 1 is 1.47 bits per heavy atom. The molecule has 0 bridgehead atoms. The van der Waals surface area contributed by atoms with Crippen LogP contribution in [0.5, 0.6) is 5.75 Å². The van der Waals surface area contributed by atoms with Gasteiger partial charge in [-0.1, -0.05) is 12.1 Å². The third-order valence-corrected chi connectivity index (χ3v) is 2.74. The molecule has 0 unspecified atom stereocenters. The molecule has 5 heteroatoms. The monoisotopic (exact) mass is 255 g/mol. The Labute approximate surface area is 111 Å². The zero-order valence-corrected chi connectivity index (χ0v) is 10.8. The molecule has 0 atom stereocenters. The standard InChI is InChI=1S/C14H13N3O2/c1-3-19-13-7-5-4-6-11(13)14-16-10(2)12(8-18)17(14)9-15/h4-8H,3H2,1-2H3. The lowest BCUT2D eigenvalue weighted by Gasteiger charge is -2.08. The van der Waals surface area contributed by atoms with Crippen molar-refractivity contribution in [2.75, 3.05) is 6.61 Å². The van der Waals surface area contributed by atoms with Gasteiger partial charge >= 0.3 is 0 Å². The molecule has 1 heterocycles. The predicted octanol–water partition coefficient (Wildman–Crippen LogP) is 2.40. The molecule has 19 heavy (non-hydrogen) atoms. The van der Waals surface area contributed by atoms with Crippen LogP contribution in [0.25, 0.3) is 11.4 Å². The first-order chi connectivity index (χ1) is 9.22. The second kappa shape index (κ2) is 5.36. The van der Waals surface area contributed by atoms with Crippen molar-refractivity contribution in [2.45, 2.75) is 13.8 Å². The number of carbonyl (C=O) groups excluding carboxylic acids is 1. The number of aryl methyl sites for hydroxylation is 1. The van der Waals surface area contributed by atoms with Crippen molar-refractivity contribution in [3.8, 4) is 23.3 Å². The third-order valence-electron chi connectivity index (χ3n) is 2.74. The highest BCUT2D eigenvalue weighted by Gasteiger charge is 2.18. The van der Waals surface area contributed by atoms with Crippen molar-refractivity contribution < 1.29 is 9.53 Å². The highest BCUT2D eigenvalue weighted by molar-refractivity contribution is 5.78. The summed E-state index contributed by atoms with van der Waals surface area (Å²) in [6, 6.07) is 7.31. The second-order valence-electron chi connectivity index (χ2n) is 3.89. The number of para-hydroxylation sites is 1. The van der Waals surface area contributed by atoms with E-state index >= 15 is 0 Å². The topological polar surface area (TPSA) is 67.9 Å². The number of ether oxygens (including phenoxy) is 1. The van der Waals surface area contributed by atoms with Gasteiger partial charge in [0.2, 0.25) is 0 Å². The van der Waals surface area contributed by atoms with Crippen molar-refractivity contribution in [3.63, 3.8) is 0 Å². The first kappa shape index (κ1) is 12.8. The fourth-order valence-corrected chi connectivity index (χ4v) is 1.89. The molecule has 1 aromatic carbocycles. The normalized spacial score (nSPS) is 9.95. The Bertz CT molecular complexity index is 653.